The standard InChI is InChI=1S/C28H38FN7O3/c1-18-13-19-16-30-36(25-15-24(31-26(32-25)38-6)34-11-9-33(5)10-12-34)23(19)14-21(18)20-7-8-35(17-22(20)29)27(37)39-28(2,3)4/h13-16,20,22H,7-12,17H2,1-6H3. The van der Waals surface area contributed by atoms with Crippen LogP contribution in [0.15, 0.2) is 24.4 Å². The first-order chi connectivity index (χ1) is 18.5. The van der Waals surface area contributed by atoms with Crippen molar-refractivity contribution in [1.29, 1.82) is 0 Å². The first-order valence-corrected chi connectivity index (χ1v) is 13.5. The summed E-state index contributed by atoms with van der Waals surface area (Å²) < 4.78 is 28.2. The number of carbonyl (C=O) groups is 1. The lowest BCUT2D eigenvalue weighted by atomic mass is 9.85. The lowest BCUT2D eigenvalue weighted by molar-refractivity contribution is 0.0111. The zero-order valence-electron chi connectivity index (χ0n) is 23.6. The van der Waals surface area contributed by atoms with E-state index in [0.29, 0.717) is 18.8 Å². The Bertz CT molecular complexity index is 1350. The number of hydrogen-bond donors (Lipinski definition) is 0. The van der Waals surface area contributed by atoms with E-state index in [4.69, 9.17) is 9.47 Å². The summed E-state index contributed by atoms with van der Waals surface area (Å²) >= 11 is 0. The third kappa shape index (κ3) is 5.78. The minimum absolute atomic E-state index is 0.00775. The van der Waals surface area contributed by atoms with Gasteiger partial charge < -0.3 is 24.2 Å². The first kappa shape index (κ1) is 27.1. The quantitative estimate of drug-likeness (QED) is 0.493. The van der Waals surface area contributed by atoms with Crippen LogP contribution in [0.2, 0.25) is 0 Å². The minimum Gasteiger partial charge on any atom is -0.467 e. The molecule has 0 N–H and O–H groups in total. The molecular weight excluding hydrogens is 501 g/mol. The summed E-state index contributed by atoms with van der Waals surface area (Å²) in [5.74, 6) is 1.05. The number of rotatable bonds is 4. The third-order valence-corrected chi connectivity index (χ3v) is 7.45. The largest absolute Gasteiger partial charge is 0.467 e. The number of aromatic nitrogens is 4. The van der Waals surface area contributed by atoms with E-state index in [-0.39, 0.29) is 18.5 Å². The van der Waals surface area contributed by atoms with E-state index >= 15 is 4.39 Å². The van der Waals surface area contributed by atoms with Gasteiger partial charge in [0, 0.05) is 50.1 Å². The Balaban J connectivity index is 1.44. The molecule has 2 aromatic heterocycles. The molecule has 0 spiro atoms. The van der Waals surface area contributed by atoms with Crippen LogP contribution in [0.5, 0.6) is 6.01 Å². The first-order valence-electron chi connectivity index (χ1n) is 13.5. The van der Waals surface area contributed by atoms with E-state index < -0.39 is 17.9 Å². The molecule has 2 aliphatic heterocycles. The average Bonchev–Trinajstić information content (AvgIpc) is 3.30. The Labute approximate surface area is 228 Å². The lowest BCUT2D eigenvalue weighted by Gasteiger charge is -2.36. The molecule has 10 nitrogen and oxygen atoms in total. The summed E-state index contributed by atoms with van der Waals surface area (Å²) in [4.78, 5) is 27.7. The SMILES string of the molecule is COc1nc(N2CCN(C)CC2)cc(-n2ncc3cc(C)c(C4CCN(C(=O)OC(C)(C)C)CC4F)cc32)n1. The molecule has 1 amide bonds. The van der Waals surface area contributed by atoms with Crippen molar-refractivity contribution in [1.82, 2.24) is 29.5 Å². The minimum atomic E-state index is -1.21. The molecule has 0 aliphatic carbocycles. The van der Waals surface area contributed by atoms with E-state index in [1.165, 1.54) is 4.90 Å². The number of benzene rings is 1. The number of amides is 1. The van der Waals surface area contributed by atoms with Crippen molar-refractivity contribution < 1.29 is 18.7 Å². The summed E-state index contributed by atoms with van der Waals surface area (Å²) in [7, 11) is 3.67. The van der Waals surface area contributed by atoms with Crippen LogP contribution in [0.4, 0.5) is 15.0 Å². The van der Waals surface area contributed by atoms with Gasteiger partial charge in [0.05, 0.1) is 25.4 Å². The summed E-state index contributed by atoms with van der Waals surface area (Å²) in [6.45, 7) is 11.5. The van der Waals surface area contributed by atoms with Gasteiger partial charge in [-0.1, -0.05) is 0 Å². The number of nitrogens with zero attached hydrogens (tertiary/aromatic N) is 7. The maximum atomic E-state index is 15.6. The number of fused-ring (bicyclic) bond motifs is 1. The van der Waals surface area contributed by atoms with Crippen molar-refractivity contribution in [2.45, 2.75) is 51.8 Å². The highest BCUT2D eigenvalue weighted by Crippen LogP contribution is 2.36. The van der Waals surface area contributed by atoms with Crippen molar-refractivity contribution >= 4 is 22.8 Å². The van der Waals surface area contributed by atoms with Crippen molar-refractivity contribution in [3.05, 3.63) is 35.5 Å². The second-order valence-electron chi connectivity index (χ2n) is 11.5. The second-order valence-corrected chi connectivity index (χ2v) is 11.5. The summed E-state index contributed by atoms with van der Waals surface area (Å²) in [6.07, 6.45) is 0.633. The number of methoxy groups -OCH3 is 1. The number of piperazine rings is 1. The lowest BCUT2D eigenvalue weighted by Crippen LogP contribution is -2.46. The molecule has 0 bridgehead atoms. The maximum absolute atomic E-state index is 15.6. The van der Waals surface area contributed by atoms with Gasteiger partial charge >= 0.3 is 12.1 Å². The summed E-state index contributed by atoms with van der Waals surface area (Å²) in [6, 6.07) is 6.26. The molecule has 2 fully saturated rings. The Morgan fingerprint density at radius 1 is 1.05 bits per heavy atom. The van der Waals surface area contributed by atoms with Crippen LogP contribution in [-0.2, 0) is 4.74 Å². The topological polar surface area (TPSA) is 88.9 Å². The van der Waals surface area contributed by atoms with Crippen molar-refractivity contribution in [3.63, 3.8) is 0 Å². The van der Waals surface area contributed by atoms with Crippen molar-refractivity contribution in [2.75, 3.05) is 58.3 Å². The number of likely N-dealkylation sites (N-methyl/N-ethyl adjacent to an activating group) is 1. The number of piperidine rings is 1. The van der Waals surface area contributed by atoms with Gasteiger partial charge in [0.2, 0.25) is 0 Å². The molecular formula is C28H38FN7O3. The Hall–Kier alpha value is -3.47. The fourth-order valence-electron chi connectivity index (χ4n) is 5.33. The van der Waals surface area contributed by atoms with Gasteiger partial charge in [-0.15, -0.1) is 0 Å². The van der Waals surface area contributed by atoms with Crippen LogP contribution < -0.4 is 9.64 Å². The normalized spacial score (nSPS) is 20.9. The molecule has 4 heterocycles. The van der Waals surface area contributed by atoms with E-state index in [1.807, 2.05) is 45.9 Å². The average molecular weight is 540 g/mol. The van der Waals surface area contributed by atoms with Crippen molar-refractivity contribution in [3.8, 4) is 11.8 Å². The van der Waals surface area contributed by atoms with Crippen LogP contribution in [0.25, 0.3) is 16.7 Å². The summed E-state index contributed by atoms with van der Waals surface area (Å²) in [5, 5.41) is 5.58. The number of hydrogen-bond acceptors (Lipinski definition) is 8. The van der Waals surface area contributed by atoms with Crippen LogP contribution in [0.1, 0.15) is 44.2 Å². The highest BCUT2D eigenvalue weighted by atomic mass is 19.1. The van der Waals surface area contributed by atoms with Gasteiger partial charge in [0.1, 0.15) is 17.6 Å². The van der Waals surface area contributed by atoms with E-state index in [2.05, 4.69) is 31.9 Å². The number of aryl methyl sites for hydroxylation is 1. The number of halogens is 1. The zero-order chi connectivity index (χ0) is 27.9. The van der Waals surface area contributed by atoms with Crippen molar-refractivity contribution in [2.24, 2.45) is 0 Å². The van der Waals surface area contributed by atoms with Crippen LogP contribution >= 0.6 is 0 Å². The van der Waals surface area contributed by atoms with Gasteiger partial charge in [-0.2, -0.15) is 15.1 Å². The maximum Gasteiger partial charge on any atom is 0.410 e. The molecule has 2 saturated heterocycles. The number of anilines is 1. The molecule has 2 unspecified atom stereocenters. The Morgan fingerprint density at radius 3 is 2.44 bits per heavy atom. The van der Waals surface area contributed by atoms with E-state index in [0.717, 1.165) is 54.0 Å². The molecule has 210 valence electrons. The molecule has 39 heavy (non-hydrogen) atoms. The van der Waals surface area contributed by atoms with Gasteiger partial charge in [-0.05, 0) is 64.4 Å². The van der Waals surface area contributed by atoms with Gasteiger partial charge in [-0.3, -0.25) is 0 Å². The molecule has 0 saturated carbocycles. The fraction of sp³-hybridized carbons (Fsp3) is 0.571. The van der Waals surface area contributed by atoms with E-state index in [1.54, 1.807) is 18.0 Å². The fourth-order valence-corrected chi connectivity index (χ4v) is 5.33. The molecule has 1 aromatic carbocycles. The molecule has 0 radical (unpaired) electrons. The Morgan fingerprint density at radius 2 is 1.77 bits per heavy atom. The molecule has 11 heteroatoms. The highest BCUT2D eigenvalue weighted by molar-refractivity contribution is 5.82. The number of likely N-dealkylation sites (tertiary alicyclic amines) is 1. The predicted molar refractivity (Wildman–Crippen MR) is 148 cm³/mol. The number of carbonyl (C=O) groups excluding carboxylic acids is 1. The number of ether oxygens (including phenoxy) is 2. The predicted octanol–water partition coefficient (Wildman–Crippen LogP) is 3.95. The monoisotopic (exact) mass is 539 g/mol. The van der Waals surface area contributed by atoms with Crippen LogP contribution in [0.3, 0.4) is 0 Å². The Kier molecular flexibility index (Phi) is 7.37. The van der Waals surface area contributed by atoms with Gasteiger partial charge in [0.25, 0.3) is 0 Å². The van der Waals surface area contributed by atoms with Crippen LogP contribution in [-0.4, -0.2) is 101 Å². The zero-order valence-corrected chi connectivity index (χ0v) is 23.6. The van der Waals surface area contributed by atoms with E-state index in [9.17, 15) is 4.79 Å². The second kappa shape index (κ2) is 10.6. The smallest absolute Gasteiger partial charge is 0.410 e. The molecule has 2 aliphatic rings. The van der Waals surface area contributed by atoms with Gasteiger partial charge in [0.15, 0.2) is 5.82 Å². The molecule has 5 rings (SSSR count). The summed E-state index contributed by atoms with van der Waals surface area (Å²) in [5.41, 5.74) is 2.13. The molecule has 2 atom stereocenters. The highest BCUT2D eigenvalue weighted by Gasteiger charge is 2.35. The third-order valence-electron chi connectivity index (χ3n) is 7.45. The van der Waals surface area contributed by atoms with Gasteiger partial charge in [-0.25, -0.2) is 13.9 Å². The van der Waals surface area contributed by atoms with Crippen LogP contribution in [0, 0.1) is 6.92 Å². The number of alkyl halides is 1. The molecule has 3 aromatic rings.